The lowest BCUT2D eigenvalue weighted by atomic mass is 10.0. The summed E-state index contributed by atoms with van der Waals surface area (Å²) in [6.07, 6.45) is 0. The number of aryl methyl sites for hydroxylation is 2. The first kappa shape index (κ1) is 12.7. The highest BCUT2D eigenvalue weighted by Crippen LogP contribution is 2.20. The Labute approximate surface area is 103 Å². The molecule has 1 aromatic rings. The molecule has 1 N–H and O–H groups in total. The van der Waals surface area contributed by atoms with Gasteiger partial charge in [-0.2, -0.15) is 0 Å². The van der Waals surface area contributed by atoms with Gasteiger partial charge in [0, 0.05) is 25.4 Å². The maximum atomic E-state index is 5.18. The zero-order valence-corrected chi connectivity index (χ0v) is 11.1. The van der Waals surface area contributed by atoms with Gasteiger partial charge < -0.3 is 10.2 Å². The largest absolute Gasteiger partial charge is 0.365 e. The van der Waals surface area contributed by atoms with Gasteiger partial charge in [-0.25, -0.2) is 0 Å². The number of benzene rings is 1. The average molecular weight is 234 g/mol. The SMILES string of the molecule is C=C(c1ccc(C)cc1C)N(C)C(=S)NC. The van der Waals surface area contributed by atoms with Crippen LogP contribution in [0.2, 0.25) is 0 Å². The molecule has 0 amide bonds. The highest BCUT2D eigenvalue weighted by atomic mass is 32.1. The van der Waals surface area contributed by atoms with E-state index in [0.717, 1.165) is 11.3 Å². The number of hydrogen-bond donors (Lipinski definition) is 1. The molecular formula is C13H18N2S. The van der Waals surface area contributed by atoms with E-state index in [1.165, 1.54) is 11.1 Å². The molecule has 0 heterocycles. The molecule has 0 aromatic heterocycles. The minimum absolute atomic E-state index is 0.671. The average Bonchev–Trinajstić information content (AvgIpc) is 2.26. The van der Waals surface area contributed by atoms with E-state index in [0.29, 0.717) is 5.11 Å². The molecule has 0 unspecified atom stereocenters. The maximum Gasteiger partial charge on any atom is 0.172 e. The summed E-state index contributed by atoms with van der Waals surface area (Å²) in [6.45, 7) is 8.25. The molecule has 1 aromatic carbocycles. The van der Waals surface area contributed by atoms with Crippen LogP contribution in [0.5, 0.6) is 0 Å². The van der Waals surface area contributed by atoms with E-state index in [1.54, 1.807) is 0 Å². The van der Waals surface area contributed by atoms with Crippen LogP contribution < -0.4 is 5.32 Å². The van der Waals surface area contributed by atoms with Crippen molar-refractivity contribution in [3.8, 4) is 0 Å². The van der Waals surface area contributed by atoms with E-state index in [1.807, 2.05) is 19.0 Å². The molecule has 0 spiro atoms. The summed E-state index contributed by atoms with van der Waals surface area (Å²) in [5.74, 6) is 0. The lowest BCUT2D eigenvalue weighted by molar-refractivity contribution is 0.703. The van der Waals surface area contributed by atoms with Crippen molar-refractivity contribution in [2.45, 2.75) is 13.8 Å². The standard InChI is InChI=1S/C13H18N2S/c1-9-6-7-12(10(2)8-9)11(3)15(5)13(16)14-4/h6-8H,3H2,1-2,4-5H3,(H,14,16). The Bertz CT molecular complexity index is 424. The molecule has 0 atom stereocenters. The first-order chi connectivity index (χ1) is 7.47. The number of hydrogen-bond acceptors (Lipinski definition) is 1. The molecule has 2 nitrogen and oxygen atoms in total. The van der Waals surface area contributed by atoms with Crippen molar-refractivity contribution in [2.75, 3.05) is 14.1 Å². The van der Waals surface area contributed by atoms with Gasteiger partial charge in [-0.15, -0.1) is 0 Å². The summed E-state index contributed by atoms with van der Waals surface area (Å²) in [4.78, 5) is 1.88. The smallest absolute Gasteiger partial charge is 0.172 e. The van der Waals surface area contributed by atoms with Crippen LogP contribution in [-0.2, 0) is 0 Å². The van der Waals surface area contributed by atoms with Gasteiger partial charge in [-0.3, -0.25) is 0 Å². The fraction of sp³-hybridized carbons (Fsp3) is 0.308. The molecule has 0 saturated carbocycles. The molecule has 0 aliphatic heterocycles. The third-order valence-corrected chi connectivity index (χ3v) is 3.09. The van der Waals surface area contributed by atoms with Crippen molar-refractivity contribution in [2.24, 2.45) is 0 Å². The highest BCUT2D eigenvalue weighted by Gasteiger charge is 2.10. The summed E-state index contributed by atoms with van der Waals surface area (Å²) < 4.78 is 0. The monoisotopic (exact) mass is 234 g/mol. The fourth-order valence-corrected chi connectivity index (χ4v) is 1.72. The molecule has 0 saturated heterocycles. The molecule has 3 heteroatoms. The molecule has 0 aliphatic rings. The van der Waals surface area contributed by atoms with E-state index in [-0.39, 0.29) is 0 Å². The van der Waals surface area contributed by atoms with E-state index in [9.17, 15) is 0 Å². The Morgan fingerprint density at radius 1 is 1.38 bits per heavy atom. The molecule has 0 bridgehead atoms. The summed E-state index contributed by atoms with van der Waals surface area (Å²) >= 11 is 5.18. The molecule has 0 radical (unpaired) electrons. The number of nitrogens with zero attached hydrogens (tertiary/aromatic N) is 1. The van der Waals surface area contributed by atoms with Crippen LogP contribution in [-0.4, -0.2) is 24.1 Å². The lowest BCUT2D eigenvalue weighted by Gasteiger charge is -2.23. The van der Waals surface area contributed by atoms with Crippen LogP contribution in [0.15, 0.2) is 24.8 Å². The van der Waals surface area contributed by atoms with Crippen LogP contribution >= 0.6 is 12.2 Å². The van der Waals surface area contributed by atoms with Crippen molar-refractivity contribution < 1.29 is 0 Å². The van der Waals surface area contributed by atoms with Crippen LogP contribution in [0.1, 0.15) is 16.7 Å². The van der Waals surface area contributed by atoms with Crippen molar-refractivity contribution in [3.63, 3.8) is 0 Å². The van der Waals surface area contributed by atoms with E-state index in [4.69, 9.17) is 12.2 Å². The minimum Gasteiger partial charge on any atom is -0.365 e. The Balaban J connectivity index is 3.01. The molecule has 0 fully saturated rings. The normalized spacial score (nSPS) is 9.75. The van der Waals surface area contributed by atoms with Gasteiger partial charge in [0.15, 0.2) is 5.11 Å². The quantitative estimate of drug-likeness (QED) is 0.792. The molecular weight excluding hydrogens is 216 g/mol. The summed E-state index contributed by atoms with van der Waals surface area (Å²) in [7, 11) is 3.73. The van der Waals surface area contributed by atoms with Gasteiger partial charge in [-0.1, -0.05) is 30.3 Å². The molecule has 1 rings (SSSR count). The van der Waals surface area contributed by atoms with Crippen LogP contribution in [0, 0.1) is 13.8 Å². The van der Waals surface area contributed by atoms with Gasteiger partial charge in [0.25, 0.3) is 0 Å². The van der Waals surface area contributed by atoms with Crippen LogP contribution in [0.4, 0.5) is 0 Å². The predicted octanol–water partition coefficient (Wildman–Crippen LogP) is 2.71. The second-order valence-electron chi connectivity index (χ2n) is 3.88. The number of thiocarbonyl (C=S) groups is 1. The second kappa shape index (κ2) is 5.12. The Kier molecular flexibility index (Phi) is 4.07. The first-order valence-electron chi connectivity index (χ1n) is 5.19. The van der Waals surface area contributed by atoms with Gasteiger partial charge in [0.2, 0.25) is 0 Å². The van der Waals surface area contributed by atoms with E-state index < -0.39 is 0 Å². The van der Waals surface area contributed by atoms with Crippen LogP contribution in [0.25, 0.3) is 5.70 Å². The van der Waals surface area contributed by atoms with Gasteiger partial charge in [0.1, 0.15) is 0 Å². The van der Waals surface area contributed by atoms with E-state index in [2.05, 4.69) is 43.9 Å². The Morgan fingerprint density at radius 2 is 2.00 bits per heavy atom. The van der Waals surface area contributed by atoms with Crippen LogP contribution in [0.3, 0.4) is 0 Å². The zero-order chi connectivity index (χ0) is 12.3. The van der Waals surface area contributed by atoms with Crippen molar-refractivity contribution in [3.05, 3.63) is 41.5 Å². The summed E-state index contributed by atoms with van der Waals surface area (Å²) in [5.41, 5.74) is 4.52. The number of rotatable bonds is 2. The Morgan fingerprint density at radius 3 is 2.50 bits per heavy atom. The third kappa shape index (κ3) is 2.61. The van der Waals surface area contributed by atoms with Gasteiger partial charge in [-0.05, 0) is 31.6 Å². The fourth-order valence-electron chi connectivity index (χ4n) is 1.61. The maximum absolute atomic E-state index is 5.18. The zero-order valence-electron chi connectivity index (χ0n) is 10.3. The molecule has 16 heavy (non-hydrogen) atoms. The third-order valence-electron chi connectivity index (χ3n) is 2.62. The van der Waals surface area contributed by atoms with Gasteiger partial charge in [0.05, 0.1) is 0 Å². The minimum atomic E-state index is 0.671. The second-order valence-corrected chi connectivity index (χ2v) is 4.27. The summed E-state index contributed by atoms with van der Waals surface area (Å²) in [5, 5.41) is 3.61. The number of nitrogens with one attached hydrogen (secondary N) is 1. The van der Waals surface area contributed by atoms with Crippen molar-refractivity contribution in [1.82, 2.24) is 10.2 Å². The first-order valence-corrected chi connectivity index (χ1v) is 5.60. The lowest BCUT2D eigenvalue weighted by Crippen LogP contribution is -2.33. The summed E-state index contributed by atoms with van der Waals surface area (Å²) in [6, 6.07) is 6.32. The predicted molar refractivity (Wildman–Crippen MR) is 74.4 cm³/mol. The van der Waals surface area contributed by atoms with Crippen molar-refractivity contribution >= 4 is 23.0 Å². The molecule has 0 aliphatic carbocycles. The van der Waals surface area contributed by atoms with E-state index >= 15 is 0 Å². The highest BCUT2D eigenvalue weighted by molar-refractivity contribution is 7.80. The molecule has 86 valence electrons. The Hall–Kier alpha value is -1.35. The topological polar surface area (TPSA) is 15.3 Å². The van der Waals surface area contributed by atoms with Gasteiger partial charge >= 0.3 is 0 Å². The van der Waals surface area contributed by atoms with Crippen molar-refractivity contribution in [1.29, 1.82) is 0 Å².